The predicted octanol–water partition coefficient (Wildman–Crippen LogP) is 2.65. The first-order valence-electron chi connectivity index (χ1n) is 5.79. The number of hydrogen-bond acceptors (Lipinski definition) is 3. The van der Waals surface area contributed by atoms with Crippen molar-refractivity contribution in [3.8, 4) is 0 Å². The summed E-state index contributed by atoms with van der Waals surface area (Å²) in [6, 6.07) is 2.90. The highest BCUT2D eigenvalue weighted by molar-refractivity contribution is 7.89. The zero-order valence-electron chi connectivity index (χ0n) is 11.1. The summed E-state index contributed by atoms with van der Waals surface area (Å²) in [6.45, 7) is 7.58. The van der Waals surface area contributed by atoms with Crippen LogP contribution in [0.2, 0.25) is 5.02 Å². The summed E-state index contributed by atoms with van der Waals surface area (Å²) < 4.78 is 26.5. The van der Waals surface area contributed by atoms with Crippen LogP contribution in [0, 0.1) is 6.92 Å². The average Bonchev–Trinajstić information content (AvgIpc) is 2.23. The van der Waals surface area contributed by atoms with Crippen LogP contribution in [0.5, 0.6) is 0 Å². The highest BCUT2D eigenvalue weighted by Gasteiger charge is 2.27. The standard InChI is InChI=1S/C12H19ClN2O2S/c1-5-15(8(2)3)18(16,17)12-7-10(13)6-11(14)9(12)4/h6-8H,5,14H2,1-4H3. The minimum Gasteiger partial charge on any atom is -0.398 e. The number of rotatable bonds is 4. The van der Waals surface area contributed by atoms with Gasteiger partial charge in [-0.2, -0.15) is 4.31 Å². The van der Waals surface area contributed by atoms with E-state index in [-0.39, 0.29) is 10.9 Å². The zero-order chi connectivity index (χ0) is 14.1. The van der Waals surface area contributed by atoms with Gasteiger partial charge >= 0.3 is 0 Å². The minimum atomic E-state index is -3.56. The van der Waals surface area contributed by atoms with Gasteiger partial charge in [0.2, 0.25) is 10.0 Å². The fourth-order valence-corrected chi connectivity index (χ4v) is 4.10. The highest BCUT2D eigenvalue weighted by Crippen LogP contribution is 2.28. The number of hydrogen-bond donors (Lipinski definition) is 1. The minimum absolute atomic E-state index is 0.111. The molecule has 1 aromatic rings. The second-order valence-electron chi connectivity index (χ2n) is 4.42. The van der Waals surface area contributed by atoms with Crippen LogP contribution in [0.4, 0.5) is 5.69 Å². The van der Waals surface area contributed by atoms with Gasteiger partial charge in [-0.15, -0.1) is 0 Å². The van der Waals surface area contributed by atoms with E-state index in [0.717, 1.165) is 0 Å². The van der Waals surface area contributed by atoms with Gasteiger partial charge in [0.15, 0.2) is 0 Å². The SMILES string of the molecule is CCN(C(C)C)S(=O)(=O)c1cc(Cl)cc(N)c1C. The molecule has 0 unspecified atom stereocenters. The molecule has 0 aromatic heterocycles. The van der Waals surface area contributed by atoms with Gasteiger partial charge in [0.1, 0.15) is 0 Å². The quantitative estimate of drug-likeness (QED) is 0.867. The van der Waals surface area contributed by atoms with Crippen LogP contribution in [0.25, 0.3) is 0 Å². The molecule has 0 fully saturated rings. The molecule has 0 saturated heterocycles. The molecule has 4 nitrogen and oxygen atoms in total. The fraction of sp³-hybridized carbons (Fsp3) is 0.500. The maximum absolute atomic E-state index is 12.5. The van der Waals surface area contributed by atoms with Gasteiger partial charge in [0, 0.05) is 23.3 Å². The number of nitrogen functional groups attached to an aromatic ring is 1. The van der Waals surface area contributed by atoms with Crippen molar-refractivity contribution in [1.29, 1.82) is 0 Å². The molecular formula is C12H19ClN2O2S. The molecule has 0 saturated carbocycles. The predicted molar refractivity (Wildman–Crippen MR) is 75.3 cm³/mol. The fourth-order valence-electron chi connectivity index (χ4n) is 1.88. The molecule has 1 rings (SSSR count). The van der Waals surface area contributed by atoms with E-state index >= 15 is 0 Å². The van der Waals surface area contributed by atoms with Crippen molar-refractivity contribution in [1.82, 2.24) is 4.31 Å². The summed E-state index contributed by atoms with van der Waals surface area (Å²) in [5, 5.41) is 0.330. The van der Waals surface area contributed by atoms with Crippen molar-refractivity contribution in [2.75, 3.05) is 12.3 Å². The van der Waals surface area contributed by atoms with E-state index in [2.05, 4.69) is 0 Å². The summed E-state index contributed by atoms with van der Waals surface area (Å²) in [7, 11) is -3.56. The third-order valence-corrected chi connectivity index (χ3v) is 5.33. The number of nitrogens with zero attached hydrogens (tertiary/aromatic N) is 1. The lowest BCUT2D eigenvalue weighted by Crippen LogP contribution is -2.37. The molecule has 0 spiro atoms. The molecule has 0 radical (unpaired) electrons. The topological polar surface area (TPSA) is 63.4 Å². The van der Waals surface area contributed by atoms with Gasteiger partial charge < -0.3 is 5.73 Å². The van der Waals surface area contributed by atoms with Crippen molar-refractivity contribution in [2.24, 2.45) is 0 Å². The van der Waals surface area contributed by atoms with Crippen LogP contribution >= 0.6 is 11.6 Å². The third kappa shape index (κ3) is 2.79. The molecular weight excluding hydrogens is 272 g/mol. The van der Waals surface area contributed by atoms with E-state index in [0.29, 0.717) is 22.8 Å². The normalized spacial score (nSPS) is 12.4. The Morgan fingerprint density at radius 1 is 1.39 bits per heavy atom. The summed E-state index contributed by atoms with van der Waals surface area (Å²) in [5.74, 6) is 0. The Hall–Kier alpha value is -0.780. The molecule has 0 aliphatic carbocycles. The van der Waals surface area contributed by atoms with Gasteiger partial charge in [-0.3, -0.25) is 0 Å². The number of benzene rings is 1. The Labute approximate surface area is 114 Å². The van der Waals surface area contributed by atoms with Crippen molar-refractivity contribution in [3.63, 3.8) is 0 Å². The largest absolute Gasteiger partial charge is 0.398 e. The molecule has 0 amide bonds. The van der Waals surface area contributed by atoms with E-state index in [4.69, 9.17) is 17.3 Å². The van der Waals surface area contributed by atoms with E-state index in [1.807, 2.05) is 13.8 Å². The lowest BCUT2D eigenvalue weighted by atomic mass is 10.2. The lowest BCUT2D eigenvalue weighted by molar-refractivity contribution is 0.369. The number of anilines is 1. The molecule has 1 aromatic carbocycles. The van der Waals surface area contributed by atoms with E-state index in [1.54, 1.807) is 19.9 Å². The van der Waals surface area contributed by atoms with Crippen molar-refractivity contribution >= 4 is 27.3 Å². The molecule has 0 heterocycles. The van der Waals surface area contributed by atoms with Crippen LogP contribution in [-0.4, -0.2) is 25.3 Å². The second-order valence-corrected chi connectivity index (χ2v) is 6.72. The molecule has 0 aliphatic heterocycles. The first-order chi connectivity index (χ1) is 8.21. The second kappa shape index (κ2) is 5.47. The van der Waals surface area contributed by atoms with Crippen molar-refractivity contribution < 1.29 is 8.42 Å². The first kappa shape index (κ1) is 15.3. The maximum atomic E-state index is 12.5. The third-order valence-electron chi connectivity index (χ3n) is 2.84. The number of nitrogens with two attached hydrogens (primary N) is 1. The zero-order valence-corrected chi connectivity index (χ0v) is 12.6. The Balaban J connectivity index is 3.46. The number of sulfonamides is 1. The smallest absolute Gasteiger partial charge is 0.243 e. The van der Waals surface area contributed by atoms with E-state index in [1.165, 1.54) is 10.4 Å². The first-order valence-corrected chi connectivity index (χ1v) is 7.61. The Morgan fingerprint density at radius 3 is 2.39 bits per heavy atom. The van der Waals surface area contributed by atoms with Crippen molar-refractivity contribution in [3.05, 3.63) is 22.7 Å². The molecule has 6 heteroatoms. The Morgan fingerprint density at radius 2 is 1.94 bits per heavy atom. The molecule has 2 N–H and O–H groups in total. The lowest BCUT2D eigenvalue weighted by Gasteiger charge is -2.25. The van der Waals surface area contributed by atoms with Crippen LogP contribution in [0.15, 0.2) is 17.0 Å². The molecule has 0 bridgehead atoms. The molecule has 0 atom stereocenters. The van der Waals surface area contributed by atoms with Gasteiger partial charge in [-0.25, -0.2) is 8.42 Å². The average molecular weight is 291 g/mol. The van der Waals surface area contributed by atoms with Gasteiger partial charge in [0.25, 0.3) is 0 Å². The van der Waals surface area contributed by atoms with Crippen LogP contribution < -0.4 is 5.73 Å². The van der Waals surface area contributed by atoms with Gasteiger partial charge in [-0.05, 0) is 38.5 Å². The van der Waals surface area contributed by atoms with Gasteiger partial charge in [-0.1, -0.05) is 18.5 Å². The number of halogens is 1. The summed E-state index contributed by atoms with van der Waals surface area (Å²) in [6.07, 6.45) is 0. The van der Waals surface area contributed by atoms with Crippen LogP contribution in [0.1, 0.15) is 26.3 Å². The van der Waals surface area contributed by atoms with E-state index in [9.17, 15) is 8.42 Å². The van der Waals surface area contributed by atoms with Crippen LogP contribution in [-0.2, 0) is 10.0 Å². The summed E-state index contributed by atoms with van der Waals surface area (Å²) in [4.78, 5) is 0.183. The Bertz CT molecular complexity index is 541. The molecule has 102 valence electrons. The van der Waals surface area contributed by atoms with Crippen LogP contribution in [0.3, 0.4) is 0 Å². The van der Waals surface area contributed by atoms with E-state index < -0.39 is 10.0 Å². The molecule has 18 heavy (non-hydrogen) atoms. The highest BCUT2D eigenvalue weighted by atomic mass is 35.5. The molecule has 0 aliphatic rings. The maximum Gasteiger partial charge on any atom is 0.243 e. The van der Waals surface area contributed by atoms with Crippen molar-refractivity contribution in [2.45, 2.75) is 38.6 Å². The van der Waals surface area contributed by atoms with Gasteiger partial charge in [0.05, 0.1) is 4.90 Å². The monoisotopic (exact) mass is 290 g/mol. The summed E-state index contributed by atoms with van der Waals surface area (Å²) in [5.41, 5.74) is 6.70. The summed E-state index contributed by atoms with van der Waals surface area (Å²) >= 11 is 5.89. The Kier molecular flexibility index (Phi) is 4.64.